The Morgan fingerprint density at radius 3 is 2.42 bits per heavy atom. The van der Waals surface area contributed by atoms with Crippen molar-refractivity contribution in [2.45, 2.75) is 50.5 Å². The zero-order chi connectivity index (χ0) is 13.9. The van der Waals surface area contributed by atoms with Gasteiger partial charge in [0.1, 0.15) is 0 Å². The van der Waals surface area contributed by atoms with E-state index in [1.54, 1.807) is 0 Å². The molecule has 1 saturated heterocycles. The quantitative estimate of drug-likeness (QED) is 0.558. The highest BCUT2D eigenvalue weighted by Crippen LogP contribution is 2.26. The van der Waals surface area contributed by atoms with Gasteiger partial charge < -0.3 is 16.4 Å². The van der Waals surface area contributed by atoms with Gasteiger partial charge in [0.25, 0.3) is 5.92 Å². The van der Waals surface area contributed by atoms with E-state index in [-0.39, 0.29) is 37.5 Å². The molecule has 1 aliphatic carbocycles. The first-order valence-electron chi connectivity index (χ1n) is 6.76. The van der Waals surface area contributed by atoms with Gasteiger partial charge in [0.2, 0.25) is 5.96 Å². The van der Waals surface area contributed by atoms with E-state index in [1.807, 2.05) is 0 Å². The molecule has 0 radical (unpaired) electrons. The Morgan fingerprint density at radius 2 is 1.84 bits per heavy atom. The number of nitrogens with zero attached hydrogens (tertiary/aromatic N) is 3. The molecule has 5 nitrogen and oxygen atoms in total. The molecule has 4 N–H and O–H groups in total. The highest BCUT2D eigenvalue weighted by Gasteiger charge is 2.39. The van der Waals surface area contributed by atoms with Crippen LogP contribution < -0.4 is 11.5 Å². The molecule has 0 aromatic carbocycles. The van der Waals surface area contributed by atoms with E-state index in [2.05, 4.69) is 9.98 Å². The van der Waals surface area contributed by atoms with E-state index in [0.29, 0.717) is 0 Å². The Hall–Kier alpha value is -1.40. The van der Waals surface area contributed by atoms with Crippen molar-refractivity contribution in [2.75, 3.05) is 13.1 Å². The van der Waals surface area contributed by atoms with Gasteiger partial charge in [0.15, 0.2) is 5.96 Å². The molecule has 1 heterocycles. The number of likely N-dealkylation sites (tertiary alicyclic amines) is 1. The average molecular weight is 273 g/mol. The van der Waals surface area contributed by atoms with Gasteiger partial charge in [-0.05, 0) is 12.8 Å². The maximum Gasteiger partial charge on any atom is 0.267 e. The molecule has 2 fully saturated rings. The summed E-state index contributed by atoms with van der Waals surface area (Å²) in [6, 6.07) is 0.199. The number of rotatable bonds is 1. The lowest BCUT2D eigenvalue weighted by atomic mass is 9.96. The highest BCUT2D eigenvalue weighted by molar-refractivity contribution is 5.93. The summed E-state index contributed by atoms with van der Waals surface area (Å²) < 4.78 is 26.1. The maximum absolute atomic E-state index is 13.1. The Bertz CT molecular complexity index is 374. The number of alkyl halides is 2. The zero-order valence-corrected chi connectivity index (χ0v) is 11.0. The standard InChI is InChI=1S/C12H21F2N5/c13-12(14)6-7-19(8-12)11(16)18-10(15)17-9-4-2-1-3-5-9/h9H,1-8H2,(H4,15,16,17,18). The fourth-order valence-corrected chi connectivity index (χ4v) is 2.55. The number of hydrogen-bond donors (Lipinski definition) is 2. The smallest absolute Gasteiger partial charge is 0.267 e. The number of aliphatic imine (C=N–C) groups is 2. The normalized spacial score (nSPS) is 25.9. The Labute approximate surface area is 111 Å². The summed E-state index contributed by atoms with van der Waals surface area (Å²) in [5.41, 5.74) is 11.4. The predicted molar refractivity (Wildman–Crippen MR) is 71.3 cm³/mol. The van der Waals surface area contributed by atoms with E-state index in [9.17, 15) is 8.78 Å². The monoisotopic (exact) mass is 273 g/mol. The van der Waals surface area contributed by atoms with Crippen LogP contribution in [0.2, 0.25) is 0 Å². The fraction of sp³-hybridized carbons (Fsp3) is 0.833. The number of hydrogen-bond acceptors (Lipinski definition) is 1. The van der Waals surface area contributed by atoms with E-state index in [1.165, 1.54) is 11.3 Å². The van der Waals surface area contributed by atoms with Crippen LogP contribution in [-0.2, 0) is 0 Å². The summed E-state index contributed by atoms with van der Waals surface area (Å²) in [5, 5.41) is 0. The Kier molecular flexibility index (Phi) is 4.21. The number of halogens is 2. The molecule has 0 bridgehead atoms. The van der Waals surface area contributed by atoms with E-state index in [0.717, 1.165) is 25.7 Å². The van der Waals surface area contributed by atoms with Crippen LogP contribution in [0.3, 0.4) is 0 Å². The summed E-state index contributed by atoms with van der Waals surface area (Å²) in [4.78, 5) is 9.58. The van der Waals surface area contributed by atoms with Crippen LogP contribution in [-0.4, -0.2) is 41.9 Å². The molecule has 0 atom stereocenters. The molecule has 0 aromatic rings. The minimum Gasteiger partial charge on any atom is -0.369 e. The van der Waals surface area contributed by atoms with Crippen LogP contribution in [0.15, 0.2) is 9.98 Å². The molecule has 1 aliphatic heterocycles. The van der Waals surface area contributed by atoms with Crippen LogP contribution in [0.1, 0.15) is 38.5 Å². The molecule has 7 heteroatoms. The number of guanidine groups is 2. The topological polar surface area (TPSA) is 80.0 Å². The van der Waals surface area contributed by atoms with Gasteiger partial charge in [-0.1, -0.05) is 19.3 Å². The summed E-state index contributed by atoms with van der Waals surface area (Å²) in [7, 11) is 0. The molecule has 19 heavy (non-hydrogen) atoms. The molecular formula is C12H21F2N5. The van der Waals surface area contributed by atoms with Crippen molar-refractivity contribution in [3.05, 3.63) is 0 Å². The largest absolute Gasteiger partial charge is 0.369 e. The van der Waals surface area contributed by atoms with Crippen molar-refractivity contribution in [2.24, 2.45) is 21.5 Å². The van der Waals surface area contributed by atoms with Crippen molar-refractivity contribution in [3.8, 4) is 0 Å². The Balaban J connectivity index is 1.94. The third-order valence-electron chi connectivity index (χ3n) is 3.61. The van der Waals surface area contributed by atoms with Gasteiger partial charge >= 0.3 is 0 Å². The van der Waals surface area contributed by atoms with E-state index >= 15 is 0 Å². The van der Waals surface area contributed by atoms with Crippen molar-refractivity contribution >= 4 is 11.9 Å². The molecule has 108 valence electrons. The van der Waals surface area contributed by atoms with Crippen molar-refractivity contribution in [3.63, 3.8) is 0 Å². The van der Waals surface area contributed by atoms with Gasteiger partial charge in [-0.3, -0.25) is 0 Å². The molecule has 0 spiro atoms. The van der Waals surface area contributed by atoms with Gasteiger partial charge in [0.05, 0.1) is 12.6 Å². The maximum atomic E-state index is 13.1. The third kappa shape index (κ3) is 4.04. The lowest BCUT2D eigenvalue weighted by Gasteiger charge is -2.18. The van der Waals surface area contributed by atoms with E-state index in [4.69, 9.17) is 11.5 Å². The van der Waals surface area contributed by atoms with Crippen molar-refractivity contribution < 1.29 is 8.78 Å². The zero-order valence-electron chi connectivity index (χ0n) is 11.0. The molecule has 0 aromatic heterocycles. The molecule has 0 unspecified atom stereocenters. The minimum absolute atomic E-state index is 0.0363. The first kappa shape index (κ1) is 14.0. The SMILES string of the molecule is NC(=NC1CCCCC1)N=C(N)N1CCC(F)(F)C1. The second-order valence-electron chi connectivity index (χ2n) is 5.28. The molecular weight excluding hydrogens is 252 g/mol. The first-order valence-corrected chi connectivity index (χ1v) is 6.76. The van der Waals surface area contributed by atoms with Gasteiger partial charge in [-0.25, -0.2) is 13.8 Å². The number of nitrogens with two attached hydrogens (primary N) is 2. The second kappa shape index (κ2) is 5.71. The molecule has 1 saturated carbocycles. The molecule has 0 amide bonds. The average Bonchev–Trinajstić information content (AvgIpc) is 2.71. The minimum atomic E-state index is -2.69. The van der Waals surface area contributed by atoms with Crippen LogP contribution in [0.25, 0.3) is 0 Å². The lowest BCUT2D eigenvalue weighted by Crippen LogP contribution is -2.38. The first-order chi connectivity index (χ1) is 8.96. The van der Waals surface area contributed by atoms with E-state index < -0.39 is 5.92 Å². The Morgan fingerprint density at radius 1 is 1.16 bits per heavy atom. The van der Waals surface area contributed by atoms with Crippen LogP contribution in [0, 0.1) is 0 Å². The highest BCUT2D eigenvalue weighted by atomic mass is 19.3. The molecule has 2 aliphatic rings. The van der Waals surface area contributed by atoms with Crippen LogP contribution in [0.5, 0.6) is 0 Å². The predicted octanol–water partition coefficient (Wildman–Crippen LogP) is 1.29. The van der Waals surface area contributed by atoms with Crippen molar-refractivity contribution in [1.82, 2.24) is 4.90 Å². The summed E-state index contributed by atoms with van der Waals surface area (Å²) >= 11 is 0. The van der Waals surface area contributed by atoms with Crippen molar-refractivity contribution in [1.29, 1.82) is 0 Å². The van der Waals surface area contributed by atoms with Gasteiger partial charge in [-0.15, -0.1) is 0 Å². The second-order valence-corrected chi connectivity index (χ2v) is 5.28. The van der Waals surface area contributed by atoms with Gasteiger partial charge in [0, 0.05) is 13.0 Å². The summed E-state index contributed by atoms with van der Waals surface area (Å²) in [6.07, 6.45) is 5.37. The lowest BCUT2D eigenvalue weighted by molar-refractivity contribution is 0.0175. The van der Waals surface area contributed by atoms with Crippen LogP contribution in [0.4, 0.5) is 8.78 Å². The fourth-order valence-electron chi connectivity index (χ4n) is 2.55. The third-order valence-corrected chi connectivity index (χ3v) is 3.61. The van der Waals surface area contributed by atoms with Crippen LogP contribution >= 0.6 is 0 Å². The summed E-state index contributed by atoms with van der Waals surface area (Å²) in [6.45, 7) is -0.182. The summed E-state index contributed by atoms with van der Waals surface area (Å²) in [5.74, 6) is -2.55. The molecule has 2 rings (SSSR count). The van der Waals surface area contributed by atoms with Gasteiger partial charge in [-0.2, -0.15) is 4.99 Å².